The molecule has 28 heavy (non-hydrogen) atoms. The van der Waals surface area contributed by atoms with Gasteiger partial charge in [0.15, 0.2) is 0 Å². The summed E-state index contributed by atoms with van der Waals surface area (Å²) in [5.74, 6) is 0.902. The lowest BCUT2D eigenvalue weighted by atomic mass is 9.95. The summed E-state index contributed by atoms with van der Waals surface area (Å²) in [5, 5.41) is 13.5. The number of rotatable bonds is 3. The highest BCUT2D eigenvalue weighted by Crippen LogP contribution is 2.24. The lowest BCUT2D eigenvalue weighted by Gasteiger charge is -2.40. The third-order valence-electron chi connectivity index (χ3n) is 6.37. The van der Waals surface area contributed by atoms with E-state index in [4.69, 9.17) is 4.74 Å². The van der Waals surface area contributed by atoms with Crippen LogP contribution in [0.4, 0.5) is 5.69 Å². The van der Waals surface area contributed by atoms with Crippen molar-refractivity contribution in [1.82, 2.24) is 4.90 Å². The molecule has 1 aliphatic carbocycles. The van der Waals surface area contributed by atoms with Crippen LogP contribution in [0, 0.1) is 0 Å². The molecule has 0 aromatic heterocycles. The first-order chi connectivity index (χ1) is 13.8. The van der Waals surface area contributed by atoms with Gasteiger partial charge in [-0.15, -0.1) is 0 Å². The van der Waals surface area contributed by atoms with Crippen molar-refractivity contribution in [3.05, 3.63) is 24.3 Å². The van der Waals surface area contributed by atoms with Gasteiger partial charge in [-0.3, -0.25) is 4.90 Å². The van der Waals surface area contributed by atoms with Gasteiger partial charge in [0.25, 0.3) is 0 Å². The van der Waals surface area contributed by atoms with Crippen molar-refractivity contribution in [2.75, 3.05) is 38.2 Å². The smallest absolute Gasteiger partial charge is 0.119 e. The van der Waals surface area contributed by atoms with E-state index in [2.05, 4.69) is 27.1 Å². The van der Waals surface area contributed by atoms with Crippen molar-refractivity contribution in [3.8, 4) is 5.75 Å². The molecule has 2 aliphatic rings. The fraction of sp³-hybridized carbons (Fsp3) is 0.696. The van der Waals surface area contributed by atoms with Crippen LogP contribution >= 0.6 is 0 Å². The van der Waals surface area contributed by atoms with E-state index in [1.54, 1.807) is 7.11 Å². The van der Waals surface area contributed by atoms with Crippen LogP contribution in [-0.4, -0.2) is 55.1 Å². The predicted molar refractivity (Wildman–Crippen MR) is 116 cm³/mol. The summed E-state index contributed by atoms with van der Waals surface area (Å²) < 4.78 is 5.27. The van der Waals surface area contributed by atoms with Crippen LogP contribution in [-0.2, 0) is 0 Å². The minimum absolute atomic E-state index is 0.308. The lowest BCUT2D eigenvalue weighted by Crippen LogP contribution is -2.52. The van der Waals surface area contributed by atoms with E-state index < -0.39 is 0 Å². The first-order valence-corrected chi connectivity index (χ1v) is 11.2. The highest BCUT2D eigenvalue weighted by atomic mass is 16.5. The Balaban J connectivity index is 1.59. The van der Waals surface area contributed by atoms with Gasteiger partial charge in [0.05, 0.1) is 18.9 Å². The maximum Gasteiger partial charge on any atom is 0.119 e. The van der Waals surface area contributed by atoms with Crippen LogP contribution in [0.25, 0.3) is 0 Å². The number of piperazine rings is 1. The summed E-state index contributed by atoms with van der Waals surface area (Å²) in [7, 11) is 1.71. The Morgan fingerprint density at radius 3 is 2.07 bits per heavy atom. The molecule has 0 unspecified atom stereocenters. The number of methoxy groups -OCH3 is 1. The molecule has 0 bridgehead atoms. The molecule has 0 spiro atoms. The fourth-order valence-corrected chi connectivity index (χ4v) is 4.63. The van der Waals surface area contributed by atoms with Crippen LogP contribution in [0.2, 0.25) is 0 Å². The van der Waals surface area contributed by atoms with Gasteiger partial charge in [0.1, 0.15) is 5.75 Å². The molecule has 3 rings (SSSR count). The van der Waals surface area contributed by atoms with Crippen molar-refractivity contribution >= 4 is 11.4 Å². The summed E-state index contributed by atoms with van der Waals surface area (Å²) in [6.45, 7) is 4.08. The molecule has 1 atom stereocenters. The molecule has 1 saturated heterocycles. The topological polar surface area (TPSA) is 48.3 Å². The van der Waals surface area contributed by atoms with Crippen LogP contribution in [0.15, 0.2) is 29.4 Å². The molecule has 1 aliphatic heterocycles. The standard InChI is InChI=1S/C23H37N3O2/c1-28-21-14-12-20(13-15-21)25-16-18-26(19-17-25)23-11-9-7-5-3-2-4-6-8-10-22(23)24-27/h12-15,23,27H,2-11,16-19H2,1H3/b24-22+/t23-/m0/s1. The molecule has 2 fully saturated rings. The van der Waals surface area contributed by atoms with Crippen molar-refractivity contribution in [2.45, 2.75) is 70.3 Å². The van der Waals surface area contributed by atoms with Crippen LogP contribution in [0.3, 0.4) is 0 Å². The zero-order valence-electron chi connectivity index (χ0n) is 17.5. The number of nitrogens with zero attached hydrogens (tertiary/aromatic N) is 3. The quantitative estimate of drug-likeness (QED) is 0.590. The summed E-state index contributed by atoms with van der Waals surface area (Å²) >= 11 is 0. The molecule has 5 nitrogen and oxygen atoms in total. The average molecular weight is 388 g/mol. The van der Waals surface area contributed by atoms with Crippen molar-refractivity contribution in [2.24, 2.45) is 5.16 Å². The molecule has 5 heteroatoms. The fourth-order valence-electron chi connectivity index (χ4n) is 4.63. The highest BCUT2D eigenvalue weighted by Gasteiger charge is 2.27. The summed E-state index contributed by atoms with van der Waals surface area (Å²) in [6.07, 6.45) is 12.5. The summed E-state index contributed by atoms with van der Waals surface area (Å²) in [6, 6.07) is 8.66. The molecule has 0 radical (unpaired) electrons. The van der Waals surface area contributed by atoms with Crippen molar-refractivity contribution in [3.63, 3.8) is 0 Å². The van der Waals surface area contributed by atoms with E-state index in [0.717, 1.165) is 56.9 Å². The zero-order valence-corrected chi connectivity index (χ0v) is 17.5. The zero-order chi connectivity index (χ0) is 19.6. The first-order valence-electron chi connectivity index (χ1n) is 11.2. The Morgan fingerprint density at radius 2 is 1.46 bits per heavy atom. The lowest BCUT2D eigenvalue weighted by molar-refractivity contribution is 0.208. The van der Waals surface area contributed by atoms with E-state index in [1.165, 1.54) is 50.6 Å². The van der Waals surface area contributed by atoms with Gasteiger partial charge in [-0.25, -0.2) is 0 Å². The molecule has 1 saturated carbocycles. The van der Waals surface area contributed by atoms with Crippen LogP contribution < -0.4 is 9.64 Å². The second-order valence-corrected chi connectivity index (χ2v) is 8.20. The van der Waals surface area contributed by atoms with Gasteiger partial charge in [-0.1, -0.05) is 50.1 Å². The number of hydrogen-bond acceptors (Lipinski definition) is 5. The summed E-state index contributed by atoms with van der Waals surface area (Å²) in [4.78, 5) is 5.00. The maximum absolute atomic E-state index is 9.72. The predicted octanol–water partition coefficient (Wildman–Crippen LogP) is 4.93. The first kappa shape index (κ1) is 21.0. The number of anilines is 1. The minimum Gasteiger partial charge on any atom is -0.497 e. The SMILES string of the molecule is COc1ccc(N2CCN([C@H]3CCCCCCCCCC/C3=N\O)CC2)cc1. The molecule has 1 aromatic rings. The minimum atomic E-state index is 0.308. The van der Waals surface area contributed by atoms with Gasteiger partial charge in [0, 0.05) is 31.9 Å². The number of benzene rings is 1. The van der Waals surface area contributed by atoms with Gasteiger partial charge < -0.3 is 14.8 Å². The average Bonchev–Trinajstić information content (AvgIpc) is 2.74. The van der Waals surface area contributed by atoms with E-state index >= 15 is 0 Å². The van der Waals surface area contributed by atoms with Crippen LogP contribution in [0.5, 0.6) is 5.75 Å². The molecule has 1 aromatic carbocycles. The second kappa shape index (κ2) is 11.3. The Labute approximate surface area is 170 Å². The monoisotopic (exact) mass is 387 g/mol. The molecule has 156 valence electrons. The van der Waals surface area contributed by atoms with Gasteiger partial charge >= 0.3 is 0 Å². The Morgan fingerprint density at radius 1 is 0.857 bits per heavy atom. The number of ether oxygens (including phenoxy) is 1. The Bertz CT molecular complexity index is 594. The molecule has 1 N–H and O–H groups in total. The van der Waals surface area contributed by atoms with Gasteiger partial charge in [-0.05, 0) is 43.5 Å². The van der Waals surface area contributed by atoms with E-state index in [9.17, 15) is 5.21 Å². The molecular weight excluding hydrogens is 350 g/mol. The van der Waals surface area contributed by atoms with Gasteiger partial charge in [0.2, 0.25) is 0 Å². The number of oxime groups is 1. The van der Waals surface area contributed by atoms with E-state index in [-0.39, 0.29) is 0 Å². The largest absolute Gasteiger partial charge is 0.497 e. The third-order valence-corrected chi connectivity index (χ3v) is 6.37. The molecule has 0 amide bonds. The highest BCUT2D eigenvalue weighted by molar-refractivity contribution is 5.89. The van der Waals surface area contributed by atoms with Crippen molar-refractivity contribution in [1.29, 1.82) is 0 Å². The normalized spacial score (nSPS) is 25.1. The number of hydrogen-bond donors (Lipinski definition) is 1. The van der Waals surface area contributed by atoms with Crippen molar-refractivity contribution < 1.29 is 9.94 Å². The maximum atomic E-state index is 9.72. The van der Waals surface area contributed by atoms with E-state index in [0.29, 0.717) is 6.04 Å². The third kappa shape index (κ3) is 5.87. The van der Waals surface area contributed by atoms with E-state index in [1.807, 2.05) is 12.1 Å². The Hall–Kier alpha value is -1.75. The van der Waals surface area contributed by atoms with Crippen LogP contribution in [0.1, 0.15) is 64.2 Å². The summed E-state index contributed by atoms with van der Waals surface area (Å²) in [5.41, 5.74) is 2.27. The second-order valence-electron chi connectivity index (χ2n) is 8.20. The van der Waals surface area contributed by atoms with Gasteiger partial charge in [-0.2, -0.15) is 0 Å². The Kier molecular flexibility index (Phi) is 8.46. The molecule has 1 heterocycles. The molecular formula is C23H37N3O2.